The number of carbonyl (C=O) groups is 1. The zero-order valence-electron chi connectivity index (χ0n) is 16.6. The molecule has 1 saturated carbocycles. The van der Waals surface area contributed by atoms with Gasteiger partial charge in [-0.1, -0.05) is 0 Å². The molecule has 1 aliphatic carbocycles. The molecule has 4 heterocycles. The number of nitrogens with one attached hydrogen (secondary N) is 3. The summed E-state index contributed by atoms with van der Waals surface area (Å²) in [6.07, 6.45) is 7.79. The van der Waals surface area contributed by atoms with Gasteiger partial charge in [-0.05, 0) is 63.3 Å². The average molecular weight is 395 g/mol. The third-order valence-electron chi connectivity index (χ3n) is 7.17. The second kappa shape index (κ2) is 8.44. The van der Waals surface area contributed by atoms with Crippen LogP contribution in [0.25, 0.3) is 0 Å². The molecule has 5 rings (SSSR count). The van der Waals surface area contributed by atoms with E-state index < -0.39 is 0 Å². The quantitative estimate of drug-likeness (QED) is 0.660. The highest BCUT2D eigenvalue weighted by molar-refractivity contribution is 5.68. The van der Waals surface area contributed by atoms with Crippen molar-refractivity contribution < 1.29 is 19.1 Å². The Balaban J connectivity index is 1.08. The Morgan fingerprint density at radius 2 is 1.86 bits per heavy atom. The zero-order chi connectivity index (χ0) is 18.9. The Bertz CT molecular complexity index is 546. The van der Waals surface area contributed by atoms with Crippen LogP contribution in [-0.2, 0) is 14.3 Å². The summed E-state index contributed by atoms with van der Waals surface area (Å²) in [6.45, 7) is 4.41. The van der Waals surface area contributed by atoms with E-state index in [2.05, 4.69) is 16.1 Å². The largest absolute Gasteiger partial charge is 0.446 e. The average Bonchev–Trinajstić information content (AvgIpc) is 3.21. The first-order valence-corrected chi connectivity index (χ1v) is 11.2. The highest BCUT2D eigenvalue weighted by Gasteiger charge is 2.40. The number of rotatable bonds is 4. The maximum Gasteiger partial charge on any atom is 0.410 e. The molecule has 5 aliphatic rings. The number of ether oxygens (including phenoxy) is 2. The Hall–Kier alpha value is -0.930. The van der Waals surface area contributed by atoms with Crippen molar-refractivity contribution in [3.05, 3.63) is 0 Å². The Labute approximate surface area is 167 Å². The molecular formula is C20H34N4O4. The number of likely N-dealkylation sites (tertiary alicyclic amines) is 1. The molecule has 8 nitrogen and oxygen atoms in total. The minimum atomic E-state index is -0.126. The predicted octanol–water partition coefficient (Wildman–Crippen LogP) is 1.18. The van der Waals surface area contributed by atoms with Crippen molar-refractivity contribution in [1.82, 2.24) is 21.0 Å². The maximum atomic E-state index is 12.1. The first kappa shape index (κ1) is 19.1. The van der Waals surface area contributed by atoms with Crippen molar-refractivity contribution in [2.75, 3.05) is 32.8 Å². The third kappa shape index (κ3) is 4.31. The van der Waals surface area contributed by atoms with Gasteiger partial charge >= 0.3 is 6.09 Å². The number of hydroxylamine groups is 1. The predicted molar refractivity (Wildman–Crippen MR) is 102 cm³/mol. The van der Waals surface area contributed by atoms with Crippen molar-refractivity contribution in [2.24, 2.45) is 17.8 Å². The van der Waals surface area contributed by atoms with Gasteiger partial charge in [-0.3, -0.25) is 10.2 Å². The van der Waals surface area contributed by atoms with Crippen LogP contribution >= 0.6 is 0 Å². The monoisotopic (exact) mass is 394 g/mol. The summed E-state index contributed by atoms with van der Waals surface area (Å²) in [5.74, 6) is 1.65. The summed E-state index contributed by atoms with van der Waals surface area (Å²) in [4.78, 5) is 20.0. The molecule has 0 aromatic rings. The topological polar surface area (TPSA) is 84.1 Å². The van der Waals surface area contributed by atoms with Gasteiger partial charge in [0.1, 0.15) is 12.3 Å². The van der Waals surface area contributed by atoms with Crippen LogP contribution in [0.2, 0.25) is 0 Å². The molecule has 4 saturated heterocycles. The number of piperidine rings is 2. The van der Waals surface area contributed by atoms with Crippen molar-refractivity contribution in [3.8, 4) is 0 Å². The van der Waals surface area contributed by atoms with E-state index in [0.29, 0.717) is 23.8 Å². The first-order chi connectivity index (χ1) is 13.8. The Kier molecular flexibility index (Phi) is 5.74. The van der Waals surface area contributed by atoms with E-state index in [4.69, 9.17) is 14.3 Å². The first-order valence-electron chi connectivity index (χ1n) is 11.2. The maximum absolute atomic E-state index is 12.1. The molecule has 158 valence electrons. The number of carbonyl (C=O) groups excluding carboxylic acids is 1. The van der Waals surface area contributed by atoms with Gasteiger partial charge in [0.05, 0.1) is 12.8 Å². The van der Waals surface area contributed by atoms with Gasteiger partial charge in [-0.15, -0.1) is 0 Å². The fraction of sp³-hybridized carbons (Fsp3) is 0.950. The van der Waals surface area contributed by atoms with Gasteiger partial charge in [0, 0.05) is 31.7 Å². The lowest BCUT2D eigenvalue weighted by Crippen LogP contribution is -2.50. The molecule has 5 atom stereocenters. The second-order valence-electron chi connectivity index (χ2n) is 9.18. The van der Waals surface area contributed by atoms with Crippen molar-refractivity contribution in [2.45, 2.75) is 69.5 Å². The fourth-order valence-corrected chi connectivity index (χ4v) is 5.16. The van der Waals surface area contributed by atoms with Crippen molar-refractivity contribution in [3.63, 3.8) is 0 Å². The fourth-order valence-electron chi connectivity index (χ4n) is 5.16. The highest BCUT2D eigenvalue weighted by atomic mass is 16.7. The van der Waals surface area contributed by atoms with Gasteiger partial charge in [-0.25, -0.2) is 4.79 Å². The van der Waals surface area contributed by atoms with Crippen molar-refractivity contribution in [1.29, 1.82) is 0 Å². The van der Waals surface area contributed by atoms with Crippen LogP contribution in [0, 0.1) is 17.8 Å². The molecule has 0 bridgehead atoms. The lowest BCUT2D eigenvalue weighted by molar-refractivity contribution is -0.0281. The molecule has 28 heavy (non-hydrogen) atoms. The van der Waals surface area contributed by atoms with Crippen molar-refractivity contribution >= 4 is 6.09 Å². The van der Waals surface area contributed by atoms with Crippen LogP contribution in [0.5, 0.6) is 0 Å². The molecule has 4 aliphatic heterocycles. The van der Waals surface area contributed by atoms with Gasteiger partial charge < -0.3 is 19.7 Å². The molecule has 5 fully saturated rings. The van der Waals surface area contributed by atoms with E-state index in [1.54, 1.807) is 0 Å². The highest BCUT2D eigenvalue weighted by Crippen LogP contribution is 2.31. The molecule has 8 heteroatoms. The van der Waals surface area contributed by atoms with Crippen LogP contribution in [0.4, 0.5) is 4.79 Å². The zero-order valence-corrected chi connectivity index (χ0v) is 16.6. The van der Waals surface area contributed by atoms with Gasteiger partial charge in [-0.2, -0.15) is 5.48 Å². The number of hydrogen-bond acceptors (Lipinski definition) is 7. The smallest absolute Gasteiger partial charge is 0.410 e. The summed E-state index contributed by atoms with van der Waals surface area (Å²) < 4.78 is 11.0. The van der Waals surface area contributed by atoms with E-state index in [0.717, 1.165) is 71.4 Å². The number of hydrogen-bond donors (Lipinski definition) is 3. The molecule has 0 aromatic carbocycles. The van der Waals surface area contributed by atoms with Gasteiger partial charge in [0.2, 0.25) is 0 Å². The van der Waals surface area contributed by atoms with Crippen LogP contribution in [-0.4, -0.2) is 68.4 Å². The molecule has 3 N–H and O–H groups in total. The molecule has 0 radical (unpaired) electrons. The SMILES string of the molecule is O=C(OC1CC1)N1CCC(C2NOC(C3CCNC(C4CCOC4)C3)N2)CC1. The third-order valence-corrected chi connectivity index (χ3v) is 7.17. The van der Waals surface area contributed by atoms with Crippen LogP contribution in [0.3, 0.4) is 0 Å². The number of amides is 1. The van der Waals surface area contributed by atoms with E-state index in [1.165, 1.54) is 6.42 Å². The van der Waals surface area contributed by atoms with Crippen LogP contribution in [0.15, 0.2) is 0 Å². The lowest BCUT2D eigenvalue weighted by atomic mass is 9.84. The molecule has 5 unspecified atom stereocenters. The minimum Gasteiger partial charge on any atom is -0.446 e. The molecule has 0 spiro atoms. The molecule has 0 aromatic heterocycles. The standard InChI is InChI=1S/C20H34N4O4/c25-20(27-16-1-2-16)24-8-4-13(5-9-24)18-22-19(28-23-18)14-3-7-21-17(11-14)15-6-10-26-12-15/h13-19,21-23H,1-12H2. The summed E-state index contributed by atoms with van der Waals surface area (Å²) in [5.41, 5.74) is 3.25. The van der Waals surface area contributed by atoms with E-state index in [-0.39, 0.29) is 24.6 Å². The van der Waals surface area contributed by atoms with Gasteiger partial charge in [0.15, 0.2) is 0 Å². The van der Waals surface area contributed by atoms with E-state index in [9.17, 15) is 4.79 Å². The summed E-state index contributed by atoms with van der Waals surface area (Å²) >= 11 is 0. The Morgan fingerprint density at radius 1 is 1.00 bits per heavy atom. The summed E-state index contributed by atoms with van der Waals surface area (Å²) in [7, 11) is 0. The molecule has 1 amide bonds. The lowest BCUT2D eigenvalue weighted by Gasteiger charge is -2.36. The van der Waals surface area contributed by atoms with E-state index in [1.807, 2.05) is 4.90 Å². The number of nitrogens with zero attached hydrogens (tertiary/aromatic N) is 1. The summed E-state index contributed by atoms with van der Waals surface area (Å²) in [5, 5.41) is 7.39. The molecular weight excluding hydrogens is 360 g/mol. The van der Waals surface area contributed by atoms with Gasteiger partial charge in [0.25, 0.3) is 0 Å². The van der Waals surface area contributed by atoms with Crippen LogP contribution in [0.1, 0.15) is 44.9 Å². The second-order valence-corrected chi connectivity index (χ2v) is 9.18. The van der Waals surface area contributed by atoms with Crippen LogP contribution < -0.4 is 16.1 Å². The minimum absolute atomic E-state index is 0.0785. The summed E-state index contributed by atoms with van der Waals surface area (Å²) in [6, 6.07) is 0.548. The van der Waals surface area contributed by atoms with E-state index >= 15 is 0 Å². The Morgan fingerprint density at radius 3 is 2.61 bits per heavy atom. The normalized spacial score (nSPS) is 40.0.